The molecule has 0 amide bonds. The Morgan fingerprint density at radius 2 is 1.93 bits per heavy atom. The molecule has 1 aromatic rings. The lowest BCUT2D eigenvalue weighted by molar-refractivity contribution is 0.0675. The smallest absolute Gasteiger partial charge is 0.0963 e. The monoisotopic (exact) mass is 205 g/mol. The fourth-order valence-electron chi connectivity index (χ4n) is 2.09. The molecule has 3 heteroatoms. The minimum atomic E-state index is -0.369. The Hall–Kier alpha value is -1.06. The van der Waals surface area contributed by atoms with Gasteiger partial charge in [0.1, 0.15) is 0 Å². The van der Waals surface area contributed by atoms with Gasteiger partial charge in [0.05, 0.1) is 6.10 Å². The Morgan fingerprint density at radius 3 is 2.60 bits per heavy atom. The third-order valence-corrected chi connectivity index (χ3v) is 2.99. The van der Waals surface area contributed by atoms with Gasteiger partial charge < -0.3 is 10.6 Å². The fraction of sp³-hybridized carbons (Fsp3) is 0.500. The van der Waals surface area contributed by atoms with Crippen molar-refractivity contribution < 1.29 is 5.11 Å². The first-order valence-electron chi connectivity index (χ1n) is 5.50. The van der Waals surface area contributed by atoms with Crippen LogP contribution in [0, 0.1) is 0 Å². The van der Waals surface area contributed by atoms with E-state index >= 15 is 0 Å². The van der Waals surface area contributed by atoms with Gasteiger partial charge in [-0.05, 0) is 24.5 Å². The lowest BCUT2D eigenvalue weighted by Gasteiger charge is -2.32. The molecule has 1 heterocycles. The average molecular weight is 205 g/mol. The van der Waals surface area contributed by atoms with Crippen molar-refractivity contribution in [1.29, 1.82) is 0 Å². The second-order valence-corrected chi connectivity index (χ2v) is 4.02. The minimum absolute atomic E-state index is 0.369. The van der Waals surface area contributed by atoms with E-state index in [1.54, 1.807) is 0 Å². The summed E-state index contributed by atoms with van der Waals surface area (Å²) in [7, 11) is 0. The van der Waals surface area contributed by atoms with Crippen LogP contribution in [0.5, 0.6) is 0 Å². The normalized spacial score (nSPS) is 18.1. The summed E-state index contributed by atoms with van der Waals surface area (Å²) in [6, 6.07) is 8.18. The van der Waals surface area contributed by atoms with Crippen LogP contribution in [0.25, 0.3) is 0 Å². The Morgan fingerprint density at radius 1 is 1.27 bits per heavy atom. The van der Waals surface area contributed by atoms with Crippen molar-refractivity contribution >= 4 is 5.69 Å². The highest BCUT2D eigenvalue weighted by atomic mass is 16.3. The summed E-state index contributed by atoms with van der Waals surface area (Å²) in [6.45, 7) is 2.30. The summed E-state index contributed by atoms with van der Waals surface area (Å²) in [5, 5.41) is 11.2. The Balaban J connectivity index is 2.15. The molecule has 1 aromatic carbocycles. The third kappa shape index (κ3) is 2.30. The van der Waals surface area contributed by atoms with Gasteiger partial charge in [0.25, 0.3) is 0 Å². The molecule has 0 spiro atoms. The van der Waals surface area contributed by atoms with Crippen LogP contribution < -0.4 is 10.6 Å². The van der Waals surface area contributed by atoms with E-state index in [0.717, 1.165) is 25.9 Å². The van der Waals surface area contributed by atoms with Crippen molar-refractivity contribution in [2.24, 2.45) is 5.73 Å². The summed E-state index contributed by atoms with van der Waals surface area (Å²) in [6.07, 6.45) is 1.13. The second kappa shape index (κ2) is 4.64. The van der Waals surface area contributed by atoms with Crippen LogP contribution in [-0.4, -0.2) is 19.2 Å². The third-order valence-electron chi connectivity index (χ3n) is 2.99. The zero-order chi connectivity index (χ0) is 10.7. The van der Waals surface area contributed by atoms with Gasteiger partial charge in [-0.15, -0.1) is 0 Å². The summed E-state index contributed by atoms with van der Waals surface area (Å²) < 4.78 is 0. The first kappa shape index (κ1) is 10.5. The topological polar surface area (TPSA) is 49.2 Å². The largest absolute Gasteiger partial charge is 0.371 e. The highest BCUT2D eigenvalue weighted by molar-refractivity contribution is 5.53. The molecule has 0 saturated carbocycles. The average Bonchev–Trinajstić information content (AvgIpc) is 2.30. The molecule has 1 saturated heterocycles. The fourth-order valence-corrected chi connectivity index (χ4v) is 2.09. The number of nitrogens with zero attached hydrogens (tertiary/aromatic N) is 1. The first-order valence-corrected chi connectivity index (χ1v) is 5.50. The van der Waals surface area contributed by atoms with E-state index in [-0.39, 0.29) is 6.10 Å². The van der Waals surface area contributed by atoms with Gasteiger partial charge in [0.2, 0.25) is 0 Å². The molecule has 0 atom stereocenters. The van der Waals surface area contributed by atoms with Crippen molar-refractivity contribution in [3.63, 3.8) is 0 Å². The lowest BCUT2D eigenvalue weighted by Crippen LogP contribution is -2.36. The van der Waals surface area contributed by atoms with E-state index in [1.165, 1.54) is 11.3 Å². The molecule has 0 unspecified atom stereocenters. The van der Waals surface area contributed by atoms with E-state index in [2.05, 4.69) is 17.0 Å². The first-order chi connectivity index (χ1) is 7.31. The molecule has 0 aliphatic carbocycles. The molecule has 2 N–H and O–H groups in total. The molecule has 1 aliphatic rings. The van der Waals surface area contributed by atoms with Gasteiger partial charge >= 0.3 is 0 Å². The van der Waals surface area contributed by atoms with Crippen LogP contribution in [0.1, 0.15) is 18.4 Å². The van der Waals surface area contributed by atoms with E-state index in [9.17, 15) is 5.11 Å². The maximum atomic E-state index is 11.2. The zero-order valence-corrected chi connectivity index (χ0v) is 8.86. The molecule has 81 valence electrons. The van der Waals surface area contributed by atoms with Gasteiger partial charge in [-0.25, -0.2) is 5.11 Å². The molecule has 2 rings (SSSR count). The minimum Gasteiger partial charge on any atom is -0.371 e. The number of para-hydroxylation sites is 1. The van der Waals surface area contributed by atoms with E-state index in [1.807, 2.05) is 12.1 Å². The van der Waals surface area contributed by atoms with Gasteiger partial charge in [-0.2, -0.15) is 0 Å². The van der Waals surface area contributed by atoms with Crippen LogP contribution in [0.4, 0.5) is 5.69 Å². The van der Waals surface area contributed by atoms with Gasteiger partial charge in [0.15, 0.2) is 0 Å². The van der Waals surface area contributed by atoms with Gasteiger partial charge in [-0.3, -0.25) is 0 Å². The summed E-state index contributed by atoms with van der Waals surface area (Å²) in [5.41, 5.74) is 8.07. The SMILES string of the molecule is NCc1ccccc1N1CCC([O])CC1. The standard InChI is InChI=1S/C12H17N2O/c13-9-10-3-1-2-4-12(10)14-7-5-11(15)6-8-14/h1-4,11H,5-9,13H2. The van der Waals surface area contributed by atoms with Crippen molar-refractivity contribution in [3.05, 3.63) is 29.8 Å². The van der Waals surface area contributed by atoms with Gasteiger partial charge in [0, 0.05) is 25.3 Å². The number of piperidine rings is 1. The Kier molecular flexibility index (Phi) is 3.23. The summed E-state index contributed by atoms with van der Waals surface area (Å²) in [5.74, 6) is 0. The van der Waals surface area contributed by atoms with Crippen LogP contribution in [0.2, 0.25) is 0 Å². The molecule has 1 fully saturated rings. The zero-order valence-electron chi connectivity index (χ0n) is 8.86. The number of benzene rings is 1. The molecular formula is C12H17N2O. The van der Waals surface area contributed by atoms with Crippen molar-refractivity contribution in [2.75, 3.05) is 18.0 Å². The number of hydrogen-bond donors (Lipinski definition) is 1. The number of nitrogens with two attached hydrogens (primary N) is 1. The molecule has 15 heavy (non-hydrogen) atoms. The Bertz CT molecular complexity index is 319. The summed E-state index contributed by atoms with van der Waals surface area (Å²) in [4.78, 5) is 2.27. The maximum Gasteiger partial charge on any atom is 0.0963 e. The van der Waals surface area contributed by atoms with Crippen LogP contribution in [-0.2, 0) is 11.7 Å². The molecular weight excluding hydrogens is 188 g/mol. The van der Waals surface area contributed by atoms with Crippen LogP contribution in [0.3, 0.4) is 0 Å². The predicted octanol–water partition coefficient (Wildman–Crippen LogP) is 1.54. The highest BCUT2D eigenvalue weighted by Crippen LogP contribution is 2.23. The van der Waals surface area contributed by atoms with Gasteiger partial charge in [-0.1, -0.05) is 18.2 Å². The molecule has 1 aliphatic heterocycles. The highest BCUT2D eigenvalue weighted by Gasteiger charge is 2.19. The van der Waals surface area contributed by atoms with Crippen LogP contribution in [0.15, 0.2) is 24.3 Å². The summed E-state index contributed by atoms with van der Waals surface area (Å²) >= 11 is 0. The number of rotatable bonds is 2. The van der Waals surface area contributed by atoms with E-state index < -0.39 is 0 Å². The molecule has 0 aromatic heterocycles. The number of anilines is 1. The maximum absolute atomic E-state index is 11.2. The molecule has 0 bridgehead atoms. The van der Waals surface area contributed by atoms with E-state index in [4.69, 9.17) is 5.73 Å². The van der Waals surface area contributed by atoms with Crippen molar-refractivity contribution in [3.8, 4) is 0 Å². The quantitative estimate of drug-likeness (QED) is 0.796. The molecule has 1 radical (unpaired) electrons. The number of hydrogen-bond acceptors (Lipinski definition) is 2. The predicted molar refractivity (Wildman–Crippen MR) is 60.3 cm³/mol. The van der Waals surface area contributed by atoms with Crippen LogP contribution >= 0.6 is 0 Å². The van der Waals surface area contributed by atoms with Crippen molar-refractivity contribution in [1.82, 2.24) is 0 Å². The Labute approximate surface area is 90.5 Å². The van der Waals surface area contributed by atoms with Crippen molar-refractivity contribution in [2.45, 2.75) is 25.5 Å². The second-order valence-electron chi connectivity index (χ2n) is 4.02. The van der Waals surface area contributed by atoms with E-state index in [0.29, 0.717) is 6.54 Å². The lowest BCUT2D eigenvalue weighted by atomic mass is 10.1. The molecule has 3 nitrogen and oxygen atoms in total.